The number of nitrogens with zero attached hydrogens (tertiary/aromatic N) is 2. The molecule has 2 atom stereocenters. The van der Waals surface area contributed by atoms with Gasteiger partial charge in [0.15, 0.2) is 0 Å². The highest BCUT2D eigenvalue weighted by molar-refractivity contribution is 5.85. The van der Waals surface area contributed by atoms with E-state index in [0.29, 0.717) is 5.92 Å². The molecule has 0 saturated carbocycles. The zero-order valence-electron chi connectivity index (χ0n) is 13.0. The van der Waals surface area contributed by atoms with Crippen LogP contribution in [0.5, 0.6) is 0 Å². The summed E-state index contributed by atoms with van der Waals surface area (Å²) in [6, 6.07) is 9.86. The number of hydrogen-bond donors (Lipinski definition) is 1. The van der Waals surface area contributed by atoms with Crippen molar-refractivity contribution < 1.29 is 4.79 Å². The fraction of sp³-hybridized carbons (Fsp3) is 0.588. The maximum atomic E-state index is 12.7. The molecule has 4 nitrogen and oxygen atoms in total. The highest BCUT2D eigenvalue weighted by atomic mass is 16.2. The van der Waals surface area contributed by atoms with Crippen molar-refractivity contribution in [1.82, 2.24) is 15.1 Å². The Kier molecular flexibility index (Phi) is 4.27. The van der Waals surface area contributed by atoms with Gasteiger partial charge in [-0.1, -0.05) is 30.3 Å². The Labute approximate surface area is 127 Å². The lowest BCUT2D eigenvalue weighted by Crippen LogP contribution is -2.41. The summed E-state index contributed by atoms with van der Waals surface area (Å²) in [5, 5.41) is 3.43. The number of piperidine rings is 1. The Hall–Kier alpha value is -1.39. The fourth-order valence-corrected chi connectivity index (χ4v) is 3.41. The maximum absolute atomic E-state index is 12.7. The molecule has 2 heterocycles. The molecule has 2 unspecified atom stereocenters. The summed E-state index contributed by atoms with van der Waals surface area (Å²) in [4.78, 5) is 17.1. The van der Waals surface area contributed by atoms with Gasteiger partial charge in [0.25, 0.3) is 0 Å². The Morgan fingerprint density at radius 2 is 1.86 bits per heavy atom. The van der Waals surface area contributed by atoms with Gasteiger partial charge in [-0.15, -0.1) is 0 Å². The standard InChI is InChI=1S/C17H25N3O/c1-13-18-16(15-6-4-3-5-7-15)17(21)20(13)12-14-8-10-19(2)11-9-14/h3-7,13-14,16,18H,8-12H2,1-2H3. The topological polar surface area (TPSA) is 35.6 Å². The fourth-order valence-electron chi connectivity index (χ4n) is 3.41. The predicted octanol–water partition coefficient (Wildman–Crippen LogP) is 1.85. The van der Waals surface area contributed by atoms with Crippen LogP contribution < -0.4 is 5.32 Å². The molecule has 0 aliphatic carbocycles. The SMILES string of the molecule is CC1NC(c2ccccc2)C(=O)N1CC1CCN(C)CC1. The van der Waals surface area contributed by atoms with E-state index < -0.39 is 0 Å². The molecule has 0 radical (unpaired) electrons. The molecule has 2 aliphatic heterocycles. The number of carbonyl (C=O) groups excluding carboxylic acids is 1. The zero-order valence-corrected chi connectivity index (χ0v) is 13.0. The summed E-state index contributed by atoms with van der Waals surface area (Å²) in [7, 11) is 2.17. The van der Waals surface area contributed by atoms with E-state index in [-0.39, 0.29) is 18.1 Å². The third-order valence-electron chi connectivity index (χ3n) is 4.83. The lowest BCUT2D eigenvalue weighted by Gasteiger charge is -2.32. The van der Waals surface area contributed by atoms with Crippen molar-refractivity contribution in [2.75, 3.05) is 26.7 Å². The van der Waals surface area contributed by atoms with Crippen LogP contribution in [-0.4, -0.2) is 48.6 Å². The second-order valence-electron chi connectivity index (χ2n) is 6.42. The molecular weight excluding hydrogens is 262 g/mol. The van der Waals surface area contributed by atoms with Crippen molar-refractivity contribution in [1.29, 1.82) is 0 Å². The summed E-state index contributed by atoms with van der Waals surface area (Å²) in [5.41, 5.74) is 1.07. The number of amides is 1. The van der Waals surface area contributed by atoms with Crippen molar-refractivity contribution in [2.45, 2.75) is 32.0 Å². The van der Waals surface area contributed by atoms with Crippen molar-refractivity contribution in [3.05, 3.63) is 35.9 Å². The summed E-state index contributed by atoms with van der Waals surface area (Å²) in [5.74, 6) is 0.872. The number of nitrogens with one attached hydrogen (secondary N) is 1. The molecule has 2 saturated heterocycles. The van der Waals surface area contributed by atoms with Gasteiger partial charge in [0, 0.05) is 6.54 Å². The van der Waals surface area contributed by atoms with Gasteiger partial charge >= 0.3 is 0 Å². The molecule has 1 aromatic carbocycles. The first-order chi connectivity index (χ1) is 10.1. The highest BCUT2D eigenvalue weighted by Gasteiger charge is 2.38. The van der Waals surface area contributed by atoms with Gasteiger partial charge in [0.05, 0.1) is 6.17 Å². The first kappa shape index (κ1) is 14.5. The van der Waals surface area contributed by atoms with Gasteiger partial charge in [-0.2, -0.15) is 0 Å². The minimum absolute atomic E-state index is 0.127. The molecule has 0 spiro atoms. The molecule has 0 bridgehead atoms. The Morgan fingerprint density at radius 3 is 2.52 bits per heavy atom. The van der Waals surface area contributed by atoms with Gasteiger partial charge in [-0.25, -0.2) is 0 Å². The maximum Gasteiger partial charge on any atom is 0.245 e. The van der Waals surface area contributed by atoms with E-state index in [1.807, 2.05) is 35.2 Å². The molecule has 3 rings (SSSR count). The lowest BCUT2D eigenvalue weighted by atomic mass is 9.96. The van der Waals surface area contributed by atoms with Crippen LogP contribution in [0.15, 0.2) is 30.3 Å². The Morgan fingerprint density at radius 1 is 1.19 bits per heavy atom. The van der Waals surface area contributed by atoms with E-state index in [1.54, 1.807) is 0 Å². The van der Waals surface area contributed by atoms with E-state index in [2.05, 4.69) is 24.2 Å². The Balaban J connectivity index is 1.65. The van der Waals surface area contributed by atoms with Crippen LogP contribution in [0, 0.1) is 5.92 Å². The third-order valence-corrected chi connectivity index (χ3v) is 4.83. The van der Waals surface area contributed by atoms with Crippen molar-refractivity contribution in [3.63, 3.8) is 0 Å². The number of benzene rings is 1. The molecule has 114 valence electrons. The minimum Gasteiger partial charge on any atom is -0.325 e. The monoisotopic (exact) mass is 287 g/mol. The first-order valence-electron chi connectivity index (χ1n) is 7.95. The van der Waals surface area contributed by atoms with Crippen molar-refractivity contribution in [3.8, 4) is 0 Å². The number of hydrogen-bond acceptors (Lipinski definition) is 3. The molecule has 4 heteroatoms. The van der Waals surface area contributed by atoms with Crippen LogP contribution >= 0.6 is 0 Å². The number of likely N-dealkylation sites (tertiary alicyclic amines) is 1. The molecule has 1 aromatic rings. The smallest absolute Gasteiger partial charge is 0.245 e. The van der Waals surface area contributed by atoms with Gasteiger partial charge < -0.3 is 9.80 Å². The van der Waals surface area contributed by atoms with Crippen LogP contribution in [-0.2, 0) is 4.79 Å². The second kappa shape index (κ2) is 6.16. The molecule has 2 fully saturated rings. The lowest BCUT2D eigenvalue weighted by molar-refractivity contribution is -0.130. The van der Waals surface area contributed by atoms with E-state index >= 15 is 0 Å². The number of carbonyl (C=O) groups is 1. The van der Waals surface area contributed by atoms with E-state index in [1.165, 1.54) is 12.8 Å². The summed E-state index contributed by atoms with van der Waals surface area (Å²) >= 11 is 0. The van der Waals surface area contributed by atoms with Gasteiger partial charge in [0.2, 0.25) is 5.91 Å². The predicted molar refractivity (Wildman–Crippen MR) is 83.7 cm³/mol. The first-order valence-corrected chi connectivity index (χ1v) is 7.95. The van der Waals surface area contributed by atoms with Crippen LogP contribution in [0.3, 0.4) is 0 Å². The van der Waals surface area contributed by atoms with Crippen LogP contribution in [0.2, 0.25) is 0 Å². The van der Waals surface area contributed by atoms with Gasteiger partial charge in [-0.05, 0) is 51.4 Å². The normalized spacial score (nSPS) is 28.3. The van der Waals surface area contributed by atoms with Gasteiger partial charge in [-0.3, -0.25) is 10.1 Å². The van der Waals surface area contributed by atoms with E-state index in [9.17, 15) is 4.79 Å². The summed E-state index contributed by atoms with van der Waals surface area (Å²) in [6.07, 6.45) is 2.52. The average molecular weight is 287 g/mol. The van der Waals surface area contributed by atoms with E-state index in [0.717, 1.165) is 25.2 Å². The quantitative estimate of drug-likeness (QED) is 0.921. The molecule has 0 aromatic heterocycles. The largest absolute Gasteiger partial charge is 0.325 e. The third kappa shape index (κ3) is 3.11. The van der Waals surface area contributed by atoms with Gasteiger partial charge in [0.1, 0.15) is 6.04 Å². The molecule has 21 heavy (non-hydrogen) atoms. The van der Waals surface area contributed by atoms with E-state index in [4.69, 9.17) is 0 Å². The summed E-state index contributed by atoms with van der Waals surface area (Å²) in [6.45, 7) is 5.28. The summed E-state index contributed by atoms with van der Waals surface area (Å²) < 4.78 is 0. The molecule has 1 amide bonds. The van der Waals surface area contributed by atoms with Crippen LogP contribution in [0.1, 0.15) is 31.4 Å². The van der Waals surface area contributed by atoms with Crippen LogP contribution in [0.4, 0.5) is 0 Å². The van der Waals surface area contributed by atoms with Crippen LogP contribution in [0.25, 0.3) is 0 Å². The highest BCUT2D eigenvalue weighted by Crippen LogP contribution is 2.26. The zero-order chi connectivity index (χ0) is 14.8. The second-order valence-corrected chi connectivity index (χ2v) is 6.42. The van der Waals surface area contributed by atoms with Crippen molar-refractivity contribution >= 4 is 5.91 Å². The molecule has 2 aliphatic rings. The average Bonchev–Trinajstić information content (AvgIpc) is 2.78. The Bertz CT molecular complexity index is 482. The minimum atomic E-state index is -0.174. The molecule has 1 N–H and O–H groups in total. The number of rotatable bonds is 3. The van der Waals surface area contributed by atoms with Crippen molar-refractivity contribution in [2.24, 2.45) is 5.92 Å². The molecular formula is C17H25N3O.